The minimum absolute atomic E-state index is 0.784. The van der Waals surface area contributed by atoms with Crippen LogP contribution in [-0.4, -0.2) is 23.0 Å². The Hall–Kier alpha value is -0.890. The molecule has 1 rings (SSSR count). The molecule has 0 aliphatic carbocycles. The molecule has 0 aliphatic rings. The summed E-state index contributed by atoms with van der Waals surface area (Å²) in [4.78, 5) is 6.66. The third-order valence-corrected chi connectivity index (χ3v) is 3.61. The predicted molar refractivity (Wildman–Crippen MR) is 73.8 cm³/mol. The molecule has 0 aromatic carbocycles. The summed E-state index contributed by atoms with van der Waals surface area (Å²) in [7, 11) is 0. The van der Waals surface area contributed by atoms with E-state index in [4.69, 9.17) is 0 Å². The fourth-order valence-corrected chi connectivity index (χ4v) is 1.82. The van der Waals surface area contributed by atoms with E-state index in [9.17, 15) is 0 Å². The zero-order valence-electron chi connectivity index (χ0n) is 11.7. The summed E-state index contributed by atoms with van der Waals surface area (Å²) in [6.45, 7) is 12.5. The highest BCUT2D eigenvalue weighted by molar-refractivity contribution is 5.07. The summed E-state index contributed by atoms with van der Waals surface area (Å²) in [6.07, 6.45) is 5.08. The lowest BCUT2D eigenvalue weighted by molar-refractivity contribution is 0.242. The van der Waals surface area contributed by atoms with E-state index in [0.717, 1.165) is 24.9 Å². The molecule has 0 spiro atoms. The standard InChI is InChI=1S/C15H26N2/c1-5-17(10-8-14(4)13(2)3)12-15-7-6-9-16-11-15/h6-7,9,11,13-14H,5,8,10,12H2,1-4H3. The predicted octanol–water partition coefficient (Wildman–Crippen LogP) is 3.59. The largest absolute Gasteiger partial charge is 0.299 e. The van der Waals surface area contributed by atoms with E-state index in [1.165, 1.54) is 18.5 Å². The number of aromatic nitrogens is 1. The smallest absolute Gasteiger partial charge is 0.0312 e. The molecule has 2 heteroatoms. The van der Waals surface area contributed by atoms with E-state index < -0.39 is 0 Å². The number of rotatable bonds is 7. The van der Waals surface area contributed by atoms with E-state index in [-0.39, 0.29) is 0 Å². The van der Waals surface area contributed by atoms with Crippen molar-refractivity contribution >= 4 is 0 Å². The maximum Gasteiger partial charge on any atom is 0.0312 e. The molecule has 0 fully saturated rings. The van der Waals surface area contributed by atoms with Gasteiger partial charge in [0.05, 0.1) is 0 Å². The van der Waals surface area contributed by atoms with E-state index >= 15 is 0 Å². The van der Waals surface area contributed by atoms with Crippen molar-refractivity contribution in [2.24, 2.45) is 11.8 Å². The van der Waals surface area contributed by atoms with Gasteiger partial charge in [-0.15, -0.1) is 0 Å². The highest BCUT2D eigenvalue weighted by Gasteiger charge is 2.10. The molecule has 1 unspecified atom stereocenters. The molecule has 0 radical (unpaired) electrons. The molecule has 96 valence electrons. The quantitative estimate of drug-likeness (QED) is 0.717. The second-order valence-electron chi connectivity index (χ2n) is 5.24. The van der Waals surface area contributed by atoms with Crippen molar-refractivity contribution in [3.8, 4) is 0 Å². The minimum Gasteiger partial charge on any atom is -0.299 e. The molecule has 0 saturated carbocycles. The third kappa shape index (κ3) is 5.31. The molecule has 1 atom stereocenters. The van der Waals surface area contributed by atoms with Gasteiger partial charge in [-0.2, -0.15) is 0 Å². The van der Waals surface area contributed by atoms with Crippen molar-refractivity contribution in [3.05, 3.63) is 30.1 Å². The van der Waals surface area contributed by atoms with Gasteiger partial charge in [0, 0.05) is 18.9 Å². The zero-order valence-corrected chi connectivity index (χ0v) is 11.7. The van der Waals surface area contributed by atoms with E-state index in [0.29, 0.717) is 0 Å². The lowest BCUT2D eigenvalue weighted by atomic mass is 9.94. The van der Waals surface area contributed by atoms with Crippen LogP contribution in [0, 0.1) is 11.8 Å². The Morgan fingerprint density at radius 2 is 2.06 bits per heavy atom. The van der Waals surface area contributed by atoms with Crippen molar-refractivity contribution in [2.75, 3.05) is 13.1 Å². The molecule has 1 aromatic heterocycles. The molecule has 0 amide bonds. The Bertz CT molecular complexity index is 295. The summed E-state index contributed by atoms with van der Waals surface area (Å²) in [5.74, 6) is 1.59. The maximum atomic E-state index is 4.17. The van der Waals surface area contributed by atoms with Gasteiger partial charge in [0.25, 0.3) is 0 Å². The average Bonchev–Trinajstić information content (AvgIpc) is 2.35. The van der Waals surface area contributed by atoms with Crippen LogP contribution in [0.2, 0.25) is 0 Å². The SMILES string of the molecule is CCN(CCC(C)C(C)C)Cc1cccnc1. The molecule has 1 aromatic rings. The Morgan fingerprint density at radius 1 is 1.29 bits per heavy atom. The van der Waals surface area contributed by atoms with Crippen LogP contribution in [0.15, 0.2) is 24.5 Å². The van der Waals surface area contributed by atoms with Crippen LogP contribution < -0.4 is 0 Å². The fraction of sp³-hybridized carbons (Fsp3) is 0.667. The summed E-state index contributed by atoms with van der Waals surface area (Å²) in [6, 6.07) is 4.17. The first-order valence-electron chi connectivity index (χ1n) is 6.74. The molecule has 17 heavy (non-hydrogen) atoms. The van der Waals surface area contributed by atoms with Gasteiger partial charge in [-0.3, -0.25) is 9.88 Å². The van der Waals surface area contributed by atoms with Crippen LogP contribution in [-0.2, 0) is 6.54 Å². The first kappa shape index (κ1) is 14.2. The van der Waals surface area contributed by atoms with Crippen LogP contribution in [0.5, 0.6) is 0 Å². The molecule has 1 heterocycles. The summed E-state index contributed by atoms with van der Waals surface area (Å²) >= 11 is 0. The van der Waals surface area contributed by atoms with Crippen molar-refractivity contribution in [1.29, 1.82) is 0 Å². The minimum atomic E-state index is 0.784. The molecule has 0 saturated heterocycles. The van der Waals surface area contributed by atoms with E-state index in [1.807, 2.05) is 18.5 Å². The molecule has 0 aliphatic heterocycles. The Kier molecular flexibility index (Phi) is 6.20. The highest BCUT2D eigenvalue weighted by atomic mass is 15.1. The highest BCUT2D eigenvalue weighted by Crippen LogP contribution is 2.15. The van der Waals surface area contributed by atoms with Crippen LogP contribution in [0.1, 0.15) is 39.7 Å². The van der Waals surface area contributed by atoms with Gasteiger partial charge in [-0.1, -0.05) is 33.8 Å². The van der Waals surface area contributed by atoms with Crippen LogP contribution >= 0.6 is 0 Å². The molecular formula is C15H26N2. The Morgan fingerprint density at radius 3 is 2.59 bits per heavy atom. The van der Waals surface area contributed by atoms with Crippen molar-refractivity contribution < 1.29 is 0 Å². The molecule has 0 bridgehead atoms. The third-order valence-electron chi connectivity index (χ3n) is 3.61. The normalized spacial score (nSPS) is 13.3. The van der Waals surface area contributed by atoms with Gasteiger partial charge < -0.3 is 0 Å². The molecular weight excluding hydrogens is 208 g/mol. The summed E-state index contributed by atoms with van der Waals surface area (Å²) in [5, 5.41) is 0. The van der Waals surface area contributed by atoms with Gasteiger partial charge in [-0.25, -0.2) is 0 Å². The van der Waals surface area contributed by atoms with Gasteiger partial charge in [0.2, 0.25) is 0 Å². The first-order valence-corrected chi connectivity index (χ1v) is 6.74. The second-order valence-corrected chi connectivity index (χ2v) is 5.24. The van der Waals surface area contributed by atoms with Crippen molar-refractivity contribution in [2.45, 2.75) is 40.7 Å². The van der Waals surface area contributed by atoms with Crippen LogP contribution in [0.25, 0.3) is 0 Å². The number of pyridine rings is 1. The van der Waals surface area contributed by atoms with Crippen LogP contribution in [0.4, 0.5) is 0 Å². The van der Waals surface area contributed by atoms with Crippen molar-refractivity contribution in [3.63, 3.8) is 0 Å². The Labute approximate surface area is 106 Å². The average molecular weight is 234 g/mol. The molecule has 2 nitrogen and oxygen atoms in total. The number of nitrogens with zero attached hydrogens (tertiary/aromatic N) is 2. The van der Waals surface area contributed by atoms with Gasteiger partial charge in [0.1, 0.15) is 0 Å². The second kappa shape index (κ2) is 7.44. The van der Waals surface area contributed by atoms with Crippen LogP contribution in [0.3, 0.4) is 0 Å². The molecule has 0 N–H and O–H groups in total. The number of hydrogen-bond donors (Lipinski definition) is 0. The maximum absolute atomic E-state index is 4.17. The summed E-state index contributed by atoms with van der Waals surface area (Å²) in [5.41, 5.74) is 1.31. The van der Waals surface area contributed by atoms with Gasteiger partial charge >= 0.3 is 0 Å². The monoisotopic (exact) mass is 234 g/mol. The van der Waals surface area contributed by atoms with Gasteiger partial charge in [0.15, 0.2) is 0 Å². The van der Waals surface area contributed by atoms with E-state index in [1.54, 1.807) is 0 Å². The van der Waals surface area contributed by atoms with Gasteiger partial charge in [-0.05, 0) is 43.0 Å². The topological polar surface area (TPSA) is 16.1 Å². The van der Waals surface area contributed by atoms with E-state index in [2.05, 4.69) is 43.6 Å². The lowest BCUT2D eigenvalue weighted by Gasteiger charge is -2.23. The number of hydrogen-bond acceptors (Lipinski definition) is 2. The fourth-order valence-electron chi connectivity index (χ4n) is 1.82. The lowest BCUT2D eigenvalue weighted by Crippen LogP contribution is -2.26. The van der Waals surface area contributed by atoms with Crippen molar-refractivity contribution in [1.82, 2.24) is 9.88 Å². The Balaban J connectivity index is 2.39. The summed E-state index contributed by atoms with van der Waals surface area (Å²) < 4.78 is 0. The first-order chi connectivity index (χ1) is 8.13. The zero-order chi connectivity index (χ0) is 12.7.